The van der Waals surface area contributed by atoms with E-state index < -0.39 is 0 Å². The van der Waals surface area contributed by atoms with Gasteiger partial charge < -0.3 is 4.74 Å². The Hall–Kier alpha value is -1.18. The third-order valence-electron chi connectivity index (χ3n) is 2.86. The Kier molecular flexibility index (Phi) is 5.12. The van der Waals surface area contributed by atoms with Crippen molar-refractivity contribution < 1.29 is 4.74 Å². The number of hydrogen-bond acceptors (Lipinski definition) is 1. The molecule has 2 aromatic carbocycles. The van der Waals surface area contributed by atoms with Crippen molar-refractivity contribution in [2.45, 2.75) is 18.7 Å². The van der Waals surface area contributed by atoms with Crippen LogP contribution in [0.5, 0.6) is 5.75 Å². The summed E-state index contributed by atoms with van der Waals surface area (Å²) in [5.74, 6) is 0.854. The normalized spacial score (nSPS) is 12.2. The molecule has 1 nitrogen and oxygen atoms in total. The largest absolute Gasteiger partial charge is 0.494 e. The summed E-state index contributed by atoms with van der Waals surface area (Å²) < 4.78 is 5.61. The Balaban J connectivity index is 2.17. The molecule has 0 bridgehead atoms. The van der Waals surface area contributed by atoms with Gasteiger partial charge in [-0.1, -0.05) is 41.9 Å². The molecule has 0 spiro atoms. The summed E-state index contributed by atoms with van der Waals surface area (Å²) in [5.41, 5.74) is 2.14. The molecule has 0 saturated heterocycles. The Morgan fingerprint density at radius 1 is 1.11 bits per heavy atom. The molecule has 19 heavy (non-hydrogen) atoms. The molecule has 0 heterocycles. The number of hydrogen-bond donors (Lipinski definition) is 0. The SMILES string of the molecule is CCOc1ccccc1C(Cl)Cc1cccc(Cl)c1. The highest BCUT2D eigenvalue weighted by Gasteiger charge is 2.14. The van der Waals surface area contributed by atoms with Gasteiger partial charge in [0.1, 0.15) is 5.75 Å². The minimum atomic E-state index is -0.124. The van der Waals surface area contributed by atoms with E-state index in [1.54, 1.807) is 0 Å². The van der Waals surface area contributed by atoms with E-state index in [4.69, 9.17) is 27.9 Å². The van der Waals surface area contributed by atoms with E-state index in [0.717, 1.165) is 28.3 Å². The van der Waals surface area contributed by atoms with Gasteiger partial charge in [0.2, 0.25) is 0 Å². The summed E-state index contributed by atoms with van der Waals surface area (Å²) >= 11 is 12.5. The first kappa shape index (κ1) is 14.2. The molecule has 1 atom stereocenters. The number of ether oxygens (including phenoxy) is 1. The minimum absolute atomic E-state index is 0.124. The van der Waals surface area contributed by atoms with Crippen molar-refractivity contribution in [2.75, 3.05) is 6.61 Å². The molecule has 100 valence electrons. The molecule has 0 aliphatic carbocycles. The van der Waals surface area contributed by atoms with Gasteiger partial charge in [-0.2, -0.15) is 0 Å². The second-order valence-electron chi connectivity index (χ2n) is 4.27. The zero-order chi connectivity index (χ0) is 13.7. The first-order valence-electron chi connectivity index (χ1n) is 6.31. The maximum absolute atomic E-state index is 6.51. The highest BCUT2D eigenvalue weighted by molar-refractivity contribution is 6.30. The molecule has 2 aromatic rings. The summed E-state index contributed by atoms with van der Waals surface area (Å²) in [4.78, 5) is 0. The van der Waals surface area contributed by atoms with Crippen LogP contribution < -0.4 is 4.74 Å². The fourth-order valence-corrected chi connectivity index (χ4v) is 2.58. The van der Waals surface area contributed by atoms with Crippen LogP contribution in [-0.2, 0) is 6.42 Å². The summed E-state index contributed by atoms with van der Waals surface area (Å²) in [5, 5.41) is 0.612. The average molecular weight is 295 g/mol. The zero-order valence-electron chi connectivity index (χ0n) is 10.8. The fraction of sp³-hybridized carbons (Fsp3) is 0.250. The van der Waals surface area contributed by atoms with Crippen LogP contribution in [0.15, 0.2) is 48.5 Å². The van der Waals surface area contributed by atoms with Gasteiger partial charge in [0.15, 0.2) is 0 Å². The zero-order valence-corrected chi connectivity index (χ0v) is 12.3. The molecule has 0 aliphatic rings. The van der Waals surface area contributed by atoms with Crippen LogP contribution in [0.25, 0.3) is 0 Å². The molecule has 1 unspecified atom stereocenters. The third kappa shape index (κ3) is 3.89. The summed E-state index contributed by atoms with van der Waals surface area (Å²) in [6.07, 6.45) is 0.728. The van der Waals surface area contributed by atoms with Crippen LogP contribution in [0.4, 0.5) is 0 Å². The lowest BCUT2D eigenvalue weighted by Gasteiger charge is -2.15. The number of halogens is 2. The van der Waals surface area contributed by atoms with Gasteiger partial charge in [-0.25, -0.2) is 0 Å². The predicted octanol–water partition coefficient (Wildman–Crippen LogP) is 5.26. The van der Waals surface area contributed by atoms with Crippen molar-refractivity contribution >= 4 is 23.2 Å². The van der Waals surface area contributed by atoms with Gasteiger partial charge in [0.05, 0.1) is 12.0 Å². The van der Waals surface area contributed by atoms with Crippen LogP contribution >= 0.6 is 23.2 Å². The van der Waals surface area contributed by atoms with Crippen molar-refractivity contribution in [3.05, 3.63) is 64.7 Å². The maximum atomic E-state index is 6.51. The number of rotatable bonds is 5. The second kappa shape index (κ2) is 6.83. The van der Waals surface area contributed by atoms with E-state index in [2.05, 4.69) is 0 Å². The van der Waals surface area contributed by atoms with Gasteiger partial charge >= 0.3 is 0 Å². The Labute approximate surface area is 124 Å². The van der Waals surface area contributed by atoms with Crippen molar-refractivity contribution in [2.24, 2.45) is 0 Å². The van der Waals surface area contributed by atoms with Crippen molar-refractivity contribution in [1.29, 1.82) is 0 Å². The van der Waals surface area contributed by atoms with Crippen molar-refractivity contribution in [1.82, 2.24) is 0 Å². The minimum Gasteiger partial charge on any atom is -0.494 e. The van der Waals surface area contributed by atoms with Crippen LogP contribution in [0.2, 0.25) is 5.02 Å². The molecule has 0 radical (unpaired) electrons. The van der Waals surface area contributed by atoms with E-state index >= 15 is 0 Å². The van der Waals surface area contributed by atoms with E-state index in [0.29, 0.717) is 6.61 Å². The smallest absolute Gasteiger partial charge is 0.123 e. The number of alkyl halides is 1. The van der Waals surface area contributed by atoms with Gasteiger partial charge in [-0.3, -0.25) is 0 Å². The van der Waals surface area contributed by atoms with E-state index in [9.17, 15) is 0 Å². The highest BCUT2D eigenvalue weighted by Crippen LogP contribution is 2.32. The molecule has 0 aromatic heterocycles. The third-order valence-corrected chi connectivity index (χ3v) is 3.48. The second-order valence-corrected chi connectivity index (χ2v) is 5.24. The lowest BCUT2D eigenvalue weighted by Crippen LogP contribution is -2.01. The van der Waals surface area contributed by atoms with Crippen LogP contribution in [0.3, 0.4) is 0 Å². The van der Waals surface area contributed by atoms with E-state index in [1.165, 1.54) is 0 Å². The molecule has 0 amide bonds. The molecule has 0 saturated carbocycles. The van der Waals surface area contributed by atoms with E-state index in [-0.39, 0.29) is 5.38 Å². The van der Waals surface area contributed by atoms with Gasteiger partial charge in [-0.15, -0.1) is 11.6 Å². The summed E-state index contributed by atoms with van der Waals surface area (Å²) in [7, 11) is 0. The van der Waals surface area contributed by atoms with E-state index in [1.807, 2.05) is 55.5 Å². The number of para-hydroxylation sites is 1. The lowest BCUT2D eigenvalue weighted by molar-refractivity contribution is 0.336. The van der Waals surface area contributed by atoms with Gasteiger partial charge in [0.25, 0.3) is 0 Å². The maximum Gasteiger partial charge on any atom is 0.123 e. The molecular formula is C16H16Cl2O. The Bertz CT molecular complexity index is 540. The van der Waals surface area contributed by atoms with Crippen LogP contribution in [0, 0.1) is 0 Å². The average Bonchev–Trinajstić information content (AvgIpc) is 2.39. The molecule has 2 rings (SSSR count). The Morgan fingerprint density at radius 3 is 2.63 bits per heavy atom. The van der Waals surface area contributed by atoms with Gasteiger partial charge in [0, 0.05) is 10.6 Å². The molecule has 0 fully saturated rings. The molecular weight excluding hydrogens is 279 g/mol. The molecule has 3 heteroatoms. The summed E-state index contributed by atoms with van der Waals surface area (Å²) in [6, 6.07) is 15.7. The predicted molar refractivity (Wildman–Crippen MR) is 81.4 cm³/mol. The first-order chi connectivity index (χ1) is 9.20. The highest BCUT2D eigenvalue weighted by atomic mass is 35.5. The Morgan fingerprint density at radius 2 is 1.89 bits per heavy atom. The molecule has 0 aliphatic heterocycles. The first-order valence-corrected chi connectivity index (χ1v) is 7.12. The standard InChI is InChI=1S/C16H16Cl2O/c1-2-19-16-9-4-3-8-14(16)15(18)11-12-6-5-7-13(17)10-12/h3-10,15H,2,11H2,1H3. The quantitative estimate of drug-likeness (QED) is 0.683. The fourth-order valence-electron chi connectivity index (χ4n) is 2.01. The van der Waals surface area contributed by atoms with Crippen LogP contribution in [0.1, 0.15) is 23.4 Å². The van der Waals surface area contributed by atoms with Crippen molar-refractivity contribution in [3.63, 3.8) is 0 Å². The molecule has 0 N–H and O–H groups in total. The van der Waals surface area contributed by atoms with Gasteiger partial charge in [-0.05, 0) is 37.1 Å². The summed E-state index contributed by atoms with van der Waals surface area (Å²) in [6.45, 7) is 2.61. The van der Waals surface area contributed by atoms with Crippen molar-refractivity contribution in [3.8, 4) is 5.75 Å². The number of benzene rings is 2. The lowest BCUT2D eigenvalue weighted by atomic mass is 10.0. The topological polar surface area (TPSA) is 9.23 Å². The van der Waals surface area contributed by atoms with Crippen LogP contribution in [-0.4, -0.2) is 6.61 Å². The monoisotopic (exact) mass is 294 g/mol.